The van der Waals surface area contributed by atoms with E-state index in [0.29, 0.717) is 5.56 Å². The summed E-state index contributed by atoms with van der Waals surface area (Å²) >= 11 is 0. The lowest BCUT2D eigenvalue weighted by Gasteiger charge is -2.03. The Bertz CT molecular complexity index is 603. The Balaban J connectivity index is 2.08. The number of hydrogen-bond donors (Lipinski definition) is 1. The lowest BCUT2D eigenvalue weighted by atomic mass is 10.1. The molecular formula is C16H16N2O. The number of benzene rings is 2. The number of nitrogens with zero attached hydrogens (tertiary/aromatic N) is 1. The average molecular weight is 252 g/mol. The van der Waals surface area contributed by atoms with Crippen molar-refractivity contribution in [3.8, 4) is 0 Å². The molecule has 0 bridgehead atoms. The second kappa shape index (κ2) is 5.96. The largest absolute Gasteiger partial charge is 0.271 e. The third-order valence-corrected chi connectivity index (χ3v) is 2.80. The smallest absolute Gasteiger partial charge is 0.267 e. The Morgan fingerprint density at radius 1 is 1.00 bits per heavy atom. The van der Waals surface area contributed by atoms with Gasteiger partial charge in [0.2, 0.25) is 0 Å². The number of rotatable bonds is 3. The molecule has 0 atom stereocenters. The van der Waals surface area contributed by atoms with Gasteiger partial charge in [-0.3, -0.25) is 4.79 Å². The predicted octanol–water partition coefficient (Wildman–Crippen LogP) is 3.15. The Kier molecular flexibility index (Phi) is 4.08. The molecule has 1 N–H and O–H groups in total. The van der Waals surface area contributed by atoms with Gasteiger partial charge in [-0.2, -0.15) is 5.10 Å². The van der Waals surface area contributed by atoms with Crippen molar-refractivity contribution in [2.24, 2.45) is 5.10 Å². The second-order valence-corrected chi connectivity index (χ2v) is 4.37. The second-order valence-electron chi connectivity index (χ2n) is 4.37. The normalized spacial score (nSPS) is 11.2. The topological polar surface area (TPSA) is 41.5 Å². The van der Waals surface area contributed by atoms with Crippen molar-refractivity contribution >= 4 is 11.6 Å². The van der Waals surface area contributed by atoms with Gasteiger partial charge in [0.05, 0.1) is 5.71 Å². The van der Waals surface area contributed by atoms with Crippen LogP contribution in [0.15, 0.2) is 59.7 Å². The Labute approximate surface area is 113 Å². The van der Waals surface area contributed by atoms with E-state index in [1.807, 2.05) is 62.4 Å². The minimum Gasteiger partial charge on any atom is -0.267 e. The van der Waals surface area contributed by atoms with Gasteiger partial charge in [-0.1, -0.05) is 48.0 Å². The highest BCUT2D eigenvalue weighted by molar-refractivity contribution is 6.00. The van der Waals surface area contributed by atoms with Crippen LogP contribution in [0.5, 0.6) is 0 Å². The molecule has 19 heavy (non-hydrogen) atoms. The van der Waals surface area contributed by atoms with Crippen LogP contribution in [-0.2, 0) is 0 Å². The van der Waals surface area contributed by atoms with Crippen LogP contribution in [-0.4, -0.2) is 11.6 Å². The summed E-state index contributed by atoms with van der Waals surface area (Å²) in [4.78, 5) is 11.9. The van der Waals surface area contributed by atoms with Crippen LogP contribution in [0.25, 0.3) is 0 Å². The van der Waals surface area contributed by atoms with Gasteiger partial charge >= 0.3 is 0 Å². The summed E-state index contributed by atoms with van der Waals surface area (Å²) in [6.07, 6.45) is 0. The van der Waals surface area contributed by atoms with Crippen molar-refractivity contribution < 1.29 is 4.79 Å². The molecule has 2 rings (SSSR count). The standard InChI is InChI=1S/C16H16N2O/c1-12-7-6-10-15(11-12)16(19)18-17-13(2)14-8-4-3-5-9-14/h3-11H,1-2H3,(H,18,19). The van der Waals surface area contributed by atoms with E-state index >= 15 is 0 Å². The SMILES string of the molecule is CC(=NNC(=O)c1cccc(C)c1)c1ccccc1. The van der Waals surface area contributed by atoms with E-state index < -0.39 is 0 Å². The van der Waals surface area contributed by atoms with Gasteiger partial charge in [0, 0.05) is 5.56 Å². The molecule has 3 nitrogen and oxygen atoms in total. The molecule has 0 aliphatic heterocycles. The molecule has 0 unspecified atom stereocenters. The molecular weight excluding hydrogens is 236 g/mol. The van der Waals surface area contributed by atoms with Gasteiger partial charge in [-0.25, -0.2) is 5.43 Å². The minimum atomic E-state index is -0.195. The van der Waals surface area contributed by atoms with Crippen molar-refractivity contribution in [2.45, 2.75) is 13.8 Å². The Hall–Kier alpha value is -2.42. The van der Waals surface area contributed by atoms with E-state index in [4.69, 9.17) is 0 Å². The van der Waals surface area contributed by atoms with E-state index in [2.05, 4.69) is 10.5 Å². The molecule has 1 amide bonds. The lowest BCUT2D eigenvalue weighted by Crippen LogP contribution is -2.19. The van der Waals surface area contributed by atoms with Crippen LogP contribution in [0.4, 0.5) is 0 Å². The molecule has 0 heterocycles. The first-order chi connectivity index (χ1) is 9.16. The maximum atomic E-state index is 11.9. The quantitative estimate of drug-likeness (QED) is 0.661. The average Bonchev–Trinajstić information content (AvgIpc) is 2.45. The van der Waals surface area contributed by atoms with Gasteiger partial charge < -0.3 is 0 Å². The zero-order valence-corrected chi connectivity index (χ0v) is 11.1. The number of amides is 1. The van der Waals surface area contributed by atoms with E-state index in [1.165, 1.54) is 0 Å². The van der Waals surface area contributed by atoms with E-state index in [-0.39, 0.29) is 5.91 Å². The summed E-state index contributed by atoms with van der Waals surface area (Å²) in [5.41, 5.74) is 6.01. The summed E-state index contributed by atoms with van der Waals surface area (Å²) in [5, 5.41) is 4.12. The highest BCUT2D eigenvalue weighted by Crippen LogP contribution is 2.04. The highest BCUT2D eigenvalue weighted by atomic mass is 16.2. The summed E-state index contributed by atoms with van der Waals surface area (Å²) in [5.74, 6) is -0.195. The van der Waals surface area contributed by atoms with Crippen LogP contribution in [0.2, 0.25) is 0 Å². The predicted molar refractivity (Wildman–Crippen MR) is 77.3 cm³/mol. The molecule has 0 radical (unpaired) electrons. The van der Waals surface area contributed by atoms with Crippen molar-refractivity contribution in [3.05, 3.63) is 71.3 Å². The lowest BCUT2D eigenvalue weighted by molar-refractivity contribution is 0.0954. The van der Waals surface area contributed by atoms with Crippen molar-refractivity contribution in [1.29, 1.82) is 0 Å². The van der Waals surface area contributed by atoms with Crippen LogP contribution < -0.4 is 5.43 Å². The summed E-state index contributed by atoms with van der Waals surface area (Å²) in [7, 11) is 0. The Morgan fingerprint density at radius 3 is 2.37 bits per heavy atom. The van der Waals surface area contributed by atoms with Gasteiger partial charge in [0.15, 0.2) is 0 Å². The number of carbonyl (C=O) groups is 1. The Morgan fingerprint density at radius 2 is 1.68 bits per heavy atom. The van der Waals surface area contributed by atoms with Crippen LogP contribution in [0.3, 0.4) is 0 Å². The van der Waals surface area contributed by atoms with Crippen LogP contribution >= 0.6 is 0 Å². The molecule has 0 aromatic heterocycles. The fraction of sp³-hybridized carbons (Fsp3) is 0.125. The first kappa shape index (κ1) is 13.0. The molecule has 0 fully saturated rings. The number of aryl methyl sites for hydroxylation is 1. The van der Waals surface area contributed by atoms with Crippen molar-refractivity contribution in [1.82, 2.24) is 5.43 Å². The molecule has 0 saturated carbocycles. The van der Waals surface area contributed by atoms with Gasteiger partial charge in [-0.15, -0.1) is 0 Å². The molecule has 0 saturated heterocycles. The first-order valence-corrected chi connectivity index (χ1v) is 6.13. The van der Waals surface area contributed by atoms with E-state index in [0.717, 1.165) is 16.8 Å². The van der Waals surface area contributed by atoms with Crippen molar-refractivity contribution in [3.63, 3.8) is 0 Å². The molecule has 3 heteroatoms. The molecule has 0 aliphatic carbocycles. The van der Waals surface area contributed by atoms with Crippen LogP contribution in [0, 0.1) is 6.92 Å². The van der Waals surface area contributed by atoms with Gasteiger partial charge in [0.25, 0.3) is 5.91 Å². The van der Waals surface area contributed by atoms with Crippen LogP contribution in [0.1, 0.15) is 28.4 Å². The summed E-state index contributed by atoms with van der Waals surface area (Å²) in [6, 6.07) is 17.2. The monoisotopic (exact) mass is 252 g/mol. The third-order valence-electron chi connectivity index (χ3n) is 2.80. The highest BCUT2D eigenvalue weighted by Gasteiger charge is 2.04. The molecule has 0 spiro atoms. The molecule has 2 aromatic carbocycles. The number of hydrogen-bond acceptors (Lipinski definition) is 2. The fourth-order valence-corrected chi connectivity index (χ4v) is 1.73. The molecule has 96 valence electrons. The number of carbonyl (C=O) groups excluding carboxylic acids is 1. The minimum absolute atomic E-state index is 0.195. The maximum absolute atomic E-state index is 11.9. The zero-order valence-electron chi connectivity index (χ0n) is 11.1. The van der Waals surface area contributed by atoms with E-state index in [9.17, 15) is 4.79 Å². The third kappa shape index (κ3) is 3.52. The van der Waals surface area contributed by atoms with E-state index in [1.54, 1.807) is 6.07 Å². The molecule has 2 aromatic rings. The zero-order chi connectivity index (χ0) is 13.7. The number of hydrazone groups is 1. The fourth-order valence-electron chi connectivity index (χ4n) is 1.73. The number of nitrogens with one attached hydrogen (secondary N) is 1. The van der Waals surface area contributed by atoms with Crippen molar-refractivity contribution in [2.75, 3.05) is 0 Å². The van der Waals surface area contributed by atoms with Gasteiger partial charge in [-0.05, 0) is 31.5 Å². The summed E-state index contributed by atoms with van der Waals surface area (Å²) in [6.45, 7) is 3.82. The maximum Gasteiger partial charge on any atom is 0.271 e. The van der Waals surface area contributed by atoms with Gasteiger partial charge in [0.1, 0.15) is 0 Å². The molecule has 0 aliphatic rings. The summed E-state index contributed by atoms with van der Waals surface area (Å²) < 4.78 is 0. The first-order valence-electron chi connectivity index (χ1n) is 6.13.